The van der Waals surface area contributed by atoms with Crippen LogP contribution in [0.1, 0.15) is 6.42 Å². The van der Waals surface area contributed by atoms with Gasteiger partial charge < -0.3 is 10.2 Å². The first kappa shape index (κ1) is 14.0. The van der Waals surface area contributed by atoms with Gasteiger partial charge in [0.25, 0.3) is 0 Å². The highest BCUT2D eigenvalue weighted by atomic mass is 19.1. The Hall–Kier alpha value is -1.46. The smallest absolute Gasteiger partial charge is 0.244 e. The number of nitrogens with one attached hydrogen (secondary N) is 1. The van der Waals surface area contributed by atoms with Crippen LogP contribution in [0.2, 0.25) is 0 Å². The van der Waals surface area contributed by atoms with Crippen molar-refractivity contribution in [3.8, 4) is 0 Å². The van der Waals surface area contributed by atoms with E-state index in [0.717, 1.165) is 19.5 Å². The molecule has 104 valence electrons. The summed E-state index contributed by atoms with van der Waals surface area (Å²) >= 11 is 0. The Kier molecular flexibility index (Phi) is 4.50. The Bertz CT molecular complexity index is 452. The van der Waals surface area contributed by atoms with Crippen LogP contribution in [-0.2, 0) is 4.79 Å². The number of anilines is 1. The van der Waals surface area contributed by atoms with Gasteiger partial charge in [0.1, 0.15) is 5.82 Å². The number of piperazine rings is 1. The van der Waals surface area contributed by atoms with E-state index in [-0.39, 0.29) is 17.8 Å². The van der Waals surface area contributed by atoms with Crippen molar-refractivity contribution in [3.63, 3.8) is 0 Å². The highest BCUT2D eigenvalue weighted by molar-refractivity contribution is 5.98. The number of halogens is 1. The summed E-state index contributed by atoms with van der Waals surface area (Å²) in [5.41, 5.74) is 0.384. The van der Waals surface area contributed by atoms with Crippen LogP contribution in [0.3, 0.4) is 0 Å². The van der Waals surface area contributed by atoms with E-state index < -0.39 is 0 Å². The first-order valence-electron chi connectivity index (χ1n) is 6.56. The Morgan fingerprint density at radius 2 is 2.11 bits per heavy atom. The van der Waals surface area contributed by atoms with Crippen molar-refractivity contribution in [3.05, 3.63) is 30.1 Å². The van der Waals surface area contributed by atoms with Crippen LogP contribution in [0.4, 0.5) is 10.1 Å². The molecule has 1 aliphatic heterocycles. The standard InChI is InChI=1S/C14H20FN3O/c1-16-8-7-13-14(19)18(10-9-17(13)2)12-6-4-3-5-11(12)15/h3-6,13,16H,7-10H2,1-2H3. The lowest BCUT2D eigenvalue weighted by Crippen LogP contribution is -2.56. The maximum absolute atomic E-state index is 13.8. The highest BCUT2D eigenvalue weighted by Crippen LogP contribution is 2.23. The lowest BCUT2D eigenvalue weighted by Gasteiger charge is -2.38. The molecular formula is C14H20FN3O. The van der Waals surface area contributed by atoms with E-state index in [9.17, 15) is 9.18 Å². The van der Waals surface area contributed by atoms with Gasteiger partial charge in [-0.15, -0.1) is 0 Å². The molecule has 1 fully saturated rings. The second-order valence-corrected chi connectivity index (χ2v) is 4.83. The number of amides is 1. The number of para-hydroxylation sites is 1. The van der Waals surface area contributed by atoms with Gasteiger partial charge in [-0.1, -0.05) is 12.1 Å². The molecule has 4 nitrogen and oxygen atoms in total. The maximum Gasteiger partial charge on any atom is 0.244 e. The molecule has 0 radical (unpaired) electrons. The third-order valence-electron chi connectivity index (χ3n) is 3.57. The van der Waals surface area contributed by atoms with E-state index in [2.05, 4.69) is 5.32 Å². The predicted molar refractivity (Wildman–Crippen MR) is 73.7 cm³/mol. The number of benzene rings is 1. The van der Waals surface area contributed by atoms with Crippen molar-refractivity contribution < 1.29 is 9.18 Å². The molecule has 1 saturated heterocycles. The number of carbonyl (C=O) groups is 1. The molecule has 2 rings (SSSR count). The minimum absolute atomic E-state index is 0.0194. The summed E-state index contributed by atoms with van der Waals surface area (Å²) in [5, 5.41) is 3.05. The summed E-state index contributed by atoms with van der Waals surface area (Å²) < 4.78 is 13.8. The zero-order valence-corrected chi connectivity index (χ0v) is 11.4. The van der Waals surface area contributed by atoms with E-state index in [1.807, 2.05) is 19.0 Å². The van der Waals surface area contributed by atoms with Gasteiger partial charge in [-0.25, -0.2) is 4.39 Å². The molecule has 1 aromatic carbocycles. The molecule has 5 heteroatoms. The van der Waals surface area contributed by atoms with Crippen LogP contribution >= 0.6 is 0 Å². The van der Waals surface area contributed by atoms with Crippen LogP contribution in [-0.4, -0.2) is 50.6 Å². The normalized spacial score (nSPS) is 20.9. The molecular weight excluding hydrogens is 245 g/mol. The molecule has 1 N–H and O–H groups in total. The fraction of sp³-hybridized carbons (Fsp3) is 0.500. The van der Waals surface area contributed by atoms with Crippen molar-refractivity contribution in [2.45, 2.75) is 12.5 Å². The highest BCUT2D eigenvalue weighted by Gasteiger charge is 2.33. The van der Waals surface area contributed by atoms with Gasteiger partial charge >= 0.3 is 0 Å². The molecule has 0 aromatic heterocycles. The third kappa shape index (κ3) is 2.93. The maximum atomic E-state index is 13.8. The first-order valence-corrected chi connectivity index (χ1v) is 6.56. The van der Waals surface area contributed by atoms with Gasteiger partial charge in [-0.05, 0) is 39.2 Å². The lowest BCUT2D eigenvalue weighted by molar-refractivity contribution is -0.125. The molecule has 1 heterocycles. The monoisotopic (exact) mass is 265 g/mol. The van der Waals surface area contributed by atoms with Crippen molar-refractivity contribution in [2.75, 3.05) is 38.6 Å². The summed E-state index contributed by atoms with van der Waals surface area (Å²) in [6, 6.07) is 6.27. The van der Waals surface area contributed by atoms with Crippen molar-refractivity contribution in [1.29, 1.82) is 0 Å². The van der Waals surface area contributed by atoms with Crippen molar-refractivity contribution in [1.82, 2.24) is 10.2 Å². The van der Waals surface area contributed by atoms with Crippen molar-refractivity contribution in [2.24, 2.45) is 0 Å². The molecule has 1 atom stereocenters. The number of hydrogen-bond donors (Lipinski definition) is 1. The second-order valence-electron chi connectivity index (χ2n) is 4.83. The largest absolute Gasteiger partial charge is 0.320 e. The quantitative estimate of drug-likeness (QED) is 0.885. The van der Waals surface area contributed by atoms with Crippen LogP contribution in [0.25, 0.3) is 0 Å². The van der Waals surface area contributed by atoms with E-state index in [0.29, 0.717) is 12.2 Å². The Balaban J connectivity index is 2.19. The average Bonchev–Trinajstić information content (AvgIpc) is 2.40. The molecule has 1 aliphatic rings. The Morgan fingerprint density at radius 1 is 1.37 bits per heavy atom. The predicted octanol–water partition coefficient (Wildman–Crippen LogP) is 1.08. The zero-order chi connectivity index (χ0) is 13.8. The van der Waals surface area contributed by atoms with Crippen LogP contribution in [0.5, 0.6) is 0 Å². The van der Waals surface area contributed by atoms with E-state index in [1.54, 1.807) is 23.1 Å². The van der Waals surface area contributed by atoms with E-state index in [4.69, 9.17) is 0 Å². The first-order chi connectivity index (χ1) is 9.15. The van der Waals surface area contributed by atoms with Gasteiger partial charge in [-0.2, -0.15) is 0 Å². The van der Waals surface area contributed by atoms with Gasteiger partial charge in [0.15, 0.2) is 0 Å². The van der Waals surface area contributed by atoms with Gasteiger partial charge in [0, 0.05) is 13.1 Å². The zero-order valence-electron chi connectivity index (χ0n) is 11.4. The van der Waals surface area contributed by atoms with Gasteiger partial charge in [0.2, 0.25) is 5.91 Å². The third-order valence-corrected chi connectivity index (χ3v) is 3.57. The summed E-state index contributed by atoms with van der Waals surface area (Å²) in [4.78, 5) is 16.1. The SMILES string of the molecule is CNCCC1C(=O)N(c2ccccc2F)CCN1C. The number of rotatable bonds is 4. The topological polar surface area (TPSA) is 35.6 Å². The summed E-state index contributed by atoms with van der Waals surface area (Å²) in [7, 11) is 3.80. The second kappa shape index (κ2) is 6.12. The average molecular weight is 265 g/mol. The molecule has 0 saturated carbocycles. The fourth-order valence-corrected chi connectivity index (χ4v) is 2.43. The molecule has 0 spiro atoms. The fourth-order valence-electron chi connectivity index (χ4n) is 2.43. The molecule has 1 aromatic rings. The van der Waals surface area contributed by atoms with E-state index in [1.165, 1.54) is 6.07 Å². The molecule has 19 heavy (non-hydrogen) atoms. The van der Waals surface area contributed by atoms with Crippen molar-refractivity contribution >= 4 is 11.6 Å². The summed E-state index contributed by atoms with van der Waals surface area (Å²) in [6.45, 7) is 2.06. The minimum Gasteiger partial charge on any atom is -0.320 e. The molecule has 1 unspecified atom stereocenters. The van der Waals surface area contributed by atoms with Crippen LogP contribution in [0.15, 0.2) is 24.3 Å². The van der Waals surface area contributed by atoms with Crippen LogP contribution in [0, 0.1) is 5.82 Å². The molecule has 0 aliphatic carbocycles. The lowest BCUT2D eigenvalue weighted by atomic mass is 10.1. The van der Waals surface area contributed by atoms with E-state index >= 15 is 0 Å². The number of carbonyl (C=O) groups excluding carboxylic acids is 1. The number of likely N-dealkylation sites (N-methyl/N-ethyl adjacent to an activating group) is 1. The minimum atomic E-state index is -0.340. The Morgan fingerprint density at radius 3 is 2.79 bits per heavy atom. The molecule has 1 amide bonds. The van der Waals surface area contributed by atoms with Gasteiger partial charge in [0.05, 0.1) is 11.7 Å². The molecule has 0 bridgehead atoms. The summed E-state index contributed by atoms with van der Waals surface area (Å²) in [5.74, 6) is -0.359. The number of nitrogens with zero attached hydrogens (tertiary/aromatic N) is 2. The van der Waals surface area contributed by atoms with Crippen LogP contribution < -0.4 is 10.2 Å². The summed E-state index contributed by atoms with van der Waals surface area (Å²) in [6.07, 6.45) is 0.733. The Labute approximate surface area is 113 Å². The van der Waals surface area contributed by atoms with Gasteiger partial charge in [-0.3, -0.25) is 9.69 Å². The number of hydrogen-bond acceptors (Lipinski definition) is 3.